The molecule has 0 aromatic heterocycles. The Balaban J connectivity index is 2.03. The summed E-state index contributed by atoms with van der Waals surface area (Å²) in [4.78, 5) is 23.6. The van der Waals surface area contributed by atoms with Crippen LogP contribution in [-0.4, -0.2) is 25.1 Å². The van der Waals surface area contributed by atoms with Crippen LogP contribution >= 0.6 is 23.2 Å². The molecular formula is C16H12Cl2FN3O3. The summed E-state index contributed by atoms with van der Waals surface area (Å²) in [5.74, 6) is -2.35. The van der Waals surface area contributed by atoms with Crippen LogP contribution in [0.2, 0.25) is 10.0 Å². The molecule has 9 heteroatoms. The minimum absolute atomic E-state index is 0.0126. The van der Waals surface area contributed by atoms with E-state index in [1.54, 1.807) is 6.07 Å². The molecule has 0 fully saturated rings. The van der Waals surface area contributed by atoms with E-state index in [1.807, 2.05) is 5.43 Å². The maximum absolute atomic E-state index is 13.5. The Bertz CT molecular complexity index is 823. The molecule has 2 aromatic carbocycles. The molecule has 0 aliphatic heterocycles. The van der Waals surface area contributed by atoms with Crippen molar-refractivity contribution >= 4 is 46.9 Å². The van der Waals surface area contributed by atoms with Crippen LogP contribution in [0.5, 0.6) is 5.75 Å². The van der Waals surface area contributed by atoms with Crippen LogP contribution in [0.25, 0.3) is 0 Å². The first-order valence-corrected chi connectivity index (χ1v) is 7.60. The SMILES string of the molecule is COc1ccc(Cl)cc1NC(=O)C(=O)N/N=C/c1c(F)cccc1Cl. The zero-order valence-corrected chi connectivity index (χ0v) is 14.4. The molecular weight excluding hydrogens is 372 g/mol. The van der Waals surface area contributed by atoms with E-state index < -0.39 is 17.6 Å². The Labute approximate surface area is 152 Å². The summed E-state index contributed by atoms with van der Waals surface area (Å²) in [5, 5.41) is 6.33. The molecule has 0 aliphatic rings. The van der Waals surface area contributed by atoms with Gasteiger partial charge in [-0.15, -0.1) is 0 Å². The van der Waals surface area contributed by atoms with E-state index in [1.165, 1.54) is 37.4 Å². The zero-order chi connectivity index (χ0) is 18.4. The fourth-order valence-electron chi connectivity index (χ4n) is 1.80. The van der Waals surface area contributed by atoms with Gasteiger partial charge in [-0.25, -0.2) is 9.82 Å². The molecule has 0 atom stereocenters. The van der Waals surface area contributed by atoms with Crippen LogP contribution < -0.4 is 15.5 Å². The fraction of sp³-hybridized carbons (Fsp3) is 0.0625. The lowest BCUT2D eigenvalue weighted by atomic mass is 10.2. The maximum atomic E-state index is 13.5. The summed E-state index contributed by atoms with van der Waals surface area (Å²) < 4.78 is 18.6. The maximum Gasteiger partial charge on any atom is 0.329 e. The third kappa shape index (κ3) is 4.91. The third-order valence-corrected chi connectivity index (χ3v) is 3.54. The molecule has 0 unspecified atom stereocenters. The molecule has 2 amide bonds. The lowest BCUT2D eigenvalue weighted by Gasteiger charge is -2.09. The molecule has 25 heavy (non-hydrogen) atoms. The van der Waals surface area contributed by atoms with Crippen LogP contribution in [0.1, 0.15) is 5.56 Å². The quantitative estimate of drug-likeness (QED) is 0.483. The van der Waals surface area contributed by atoms with Crippen molar-refractivity contribution in [3.8, 4) is 5.75 Å². The molecule has 2 aromatic rings. The number of rotatable bonds is 4. The highest BCUT2D eigenvalue weighted by atomic mass is 35.5. The van der Waals surface area contributed by atoms with Crippen molar-refractivity contribution in [2.75, 3.05) is 12.4 Å². The molecule has 130 valence electrons. The molecule has 2 rings (SSSR count). The Morgan fingerprint density at radius 3 is 2.64 bits per heavy atom. The molecule has 0 aliphatic carbocycles. The Morgan fingerprint density at radius 2 is 1.96 bits per heavy atom. The minimum atomic E-state index is -1.06. The molecule has 0 radical (unpaired) electrons. The molecule has 0 saturated heterocycles. The predicted molar refractivity (Wildman–Crippen MR) is 93.8 cm³/mol. The summed E-state index contributed by atoms with van der Waals surface area (Å²) >= 11 is 11.7. The second kappa shape index (κ2) is 8.46. The highest BCUT2D eigenvalue weighted by Crippen LogP contribution is 2.27. The van der Waals surface area contributed by atoms with E-state index in [0.29, 0.717) is 10.8 Å². The number of hydrogen-bond donors (Lipinski definition) is 2. The van der Waals surface area contributed by atoms with Crippen molar-refractivity contribution in [1.29, 1.82) is 0 Å². The second-order valence-electron chi connectivity index (χ2n) is 4.63. The number of carbonyl (C=O) groups is 2. The van der Waals surface area contributed by atoms with Crippen molar-refractivity contribution in [3.63, 3.8) is 0 Å². The average Bonchev–Trinajstić information content (AvgIpc) is 2.57. The van der Waals surface area contributed by atoms with Gasteiger partial charge in [0.25, 0.3) is 0 Å². The van der Waals surface area contributed by atoms with Gasteiger partial charge in [-0.2, -0.15) is 5.10 Å². The molecule has 0 saturated carbocycles. The van der Waals surface area contributed by atoms with Crippen LogP contribution in [0.3, 0.4) is 0 Å². The topological polar surface area (TPSA) is 79.8 Å². The normalized spacial score (nSPS) is 10.6. The first kappa shape index (κ1) is 18.7. The van der Waals surface area contributed by atoms with Gasteiger partial charge in [-0.3, -0.25) is 9.59 Å². The van der Waals surface area contributed by atoms with Crippen molar-refractivity contribution in [2.45, 2.75) is 0 Å². The Morgan fingerprint density at radius 1 is 1.20 bits per heavy atom. The molecule has 2 N–H and O–H groups in total. The van der Waals surface area contributed by atoms with Gasteiger partial charge in [0.1, 0.15) is 11.6 Å². The number of hydrazone groups is 1. The lowest BCUT2D eigenvalue weighted by molar-refractivity contribution is -0.136. The van der Waals surface area contributed by atoms with Gasteiger partial charge in [0.05, 0.1) is 24.0 Å². The van der Waals surface area contributed by atoms with E-state index >= 15 is 0 Å². The van der Waals surface area contributed by atoms with Crippen molar-refractivity contribution in [3.05, 3.63) is 57.8 Å². The zero-order valence-electron chi connectivity index (χ0n) is 12.8. The monoisotopic (exact) mass is 383 g/mol. The van der Waals surface area contributed by atoms with E-state index in [4.69, 9.17) is 27.9 Å². The van der Waals surface area contributed by atoms with E-state index in [2.05, 4.69) is 10.4 Å². The molecule has 0 heterocycles. The largest absolute Gasteiger partial charge is 0.495 e. The van der Waals surface area contributed by atoms with Crippen molar-refractivity contribution in [2.24, 2.45) is 5.10 Å². The van der Waals surface area contributed by atoms with Crippen LogP contribution in [0.15, 0.2) is 41.5 Å². The minimum Gasteiger partial charge on any atom is -0.495 e. The van der Waals surface area contributed by atoms with E-state index in [9.17, 15) is 14.0 Å². The smallest absolute Gasteiger partial charge is 0.329 e. The number of benzene rings is 2. The first-order valence-electron chi connectivity index (χ1n) is 6.84. The second-order valence-corrected chi connectivity index (χ2v) is 5.48. The Hall–Kier alpha value is -2.64. The van der Waals surface area contributed by atoms with Gasteiger partial charge in [-0.05, 0) is 30.3 Å². The number of hydrogen-bond acceptors (Lipinski definition) is 4. The average molecular weight is 384 g/mol. The standard InChI is InChI=1S/C16H12Cl2FN3O3/c1-25-14-6-5-9(17)7-13(14)21-15(23)16(24)22-20-8-10-11(18)3-2-4-12(10)19/h2-8H,1H3,(H,21,23)(H,22,24)/b20-8+. The summed E-state index contributed by atoms with van der Waals surface area (Å²) in [6, 6.07) is 8.61. The summed E-state index contributed by atoms with van der Waals surface area (Å²) in [5.41, 5.74) is 2.18. The van der Waals surface area contributed by atoms with Crippen molar-refractivity contribution in [1.82, 2.24) is 5.43 Å². The summed E-state index contributed by atoms with van der Waals surface area (Å²) in [7, 11) is 1.40. The molecule has 6 nitrogen and oxygen atoms in total. The number of nitrogens with one attached hydrogen (secondary N) is 2. The van der Waals surface area contributed by atoms with Gasteiger partial charge in [0.2, 0.25) is 0 Å². The van der Waals surface area contributed by atoms with Gasteiger partial charge in [-0.1, -0.05) is 29.3 Å². The summed E-state index contributed by atoms with van der Waals surface area (Å²) in [6.45, 7) is 0. The van der Waals surface area contributed by atoms with Crippen LogP contribution in [0, 0.1) is 5.82 Å². The van der Waals surface area contributed by atoms with E-state index in [-0.39, 0.29) is 16.3 Å². The number of nitrogens with zero attached hydrogens (tertiary/aromatic N) is 1. The number of carbonyl (C=O) groups excluding carboxylic acids is 2. The van der Waals surface area contributed by atoms with Crippen molar-refractivity contribution < 1.29 is 18.7 Å². The predicted octanol–water partition coefficient (Wildman–Crippen LogP) is 3.23. The lowest BCUT2D eigenvalue weighted by Crippen LogP contribution is -2.32. The third-order valence-electron chi connectivity index (χ3n) is 2.98. The first-order chi connectivity index (χ1) is 11.9. The number of halogens is 3. The number of ether oxygens (including phenoxy) is 1. The van der Waals surface area contributed by atoms with Gasteiger partial charge >= 0.3 is 11.8 Å². The fourth-order valence-corrected chi connectivity index (χ4v) is 2.18. The van der Waals surface area contributed by atoms with Gasteiger partial charge in [0, 0.05) is 10.6 Å². The number of anilines is 1. The molecule has 0 spiro atoms. The highest BCUT2D eigenvalue weighted by Gasteiger charge is 2.15. The highest BCUT2D eigenvalue weighted by molar-refractivity contribution is 6.40. The van der Waals surface area contributed by atoms with Gasteiger partial charge < -0.3 is 10.1 Å². The van der Waals surface area contributed by atoms with Crippen LogP contribution in [0.4, 0.5) is 10.1 Å². The van der Waals surface area contributed by atoms with Gasteiger partial charge in [0.15, 0.2) is 0 Å². The van der Waals surface area contributed by atoms with E-state index in [0.717, 1.165) is 6.21 Å². The number of methoxy groups -OCH3 is 1. The number of amides is 2. The summed E-state index contributed by atoms with van der Waals surface area (Å²) in [6.07, 6.45) is 1.00. The Kier molecular flexibility index (Phi) is 6.32. The molecule has 0 bridgehead atoms. The van der Waals surface area contributed by atoms with Crippen LogP contribution in [-0.2, 0) is 9.59 Å².